The van der Waals surface area contributed by atoms with E-state index in [2.05, 4.69) is 10.6 Å². The summed E-state index contributed by atoms with van der Waals surface area (Å²) < 4.78 is 26.4. The van der Waals surface area contributed by atoms with Crippen molar-refractivity contribution < 1.29 is 18.4 Å². The highest BCUT2D eigenvalue weighted by molar-refractivity contribution is 5.94. The minimum Gasteiger partial charge on any atom is -0.339 e. The number of carbonyl (C=O) groups is 2. The maximum atomic E-state index is 13.5. The molecule has 1 saturated heterocycles. The molecule has 0 atom stereocenters. The molecule has 1 fully saturated rings. The van der Waals surface area contributed by atoms with Gasteiger partial charge in [0.1, 0.15) is 11.6 Å². The Hall–Kier alpha value is -2.96. The molecular weight excluding hydrogens is 340 g/mol. The summed E-state index contributed by atoms with van der Waals surface area (Å²) in [6.07, 6.45) is 2.04. The lowest BCUT2D eigenvalue weighted by Crippen LogP contribution is -2.29. The molecule has 1 heterocycles. The lowest BCUT2D eigenvalue weighted by molar-refractivity contribution is 0.0792. The zero-order valence-electron chi connectivity index (χ0n) is 14.1. The number of hydrogen-bond donors (Lipinski definition) is 2. The van der Waals surface area contributed by atoms with E-state index in [0.29, 0.717) is 11.6 Å². The summed E-state index contributed by atoms with van der Waals surface area (Å²) in [5.74, 6) is -1.58. The number of nitrogens with one attached hydrogen (secondary N) is 2. The fourth-order valence-corrected chi connectivity index (χ4v) is 2.86. The molecule has 0 unspecified atom stereocenters. The van der Waals surface area contributed by atoms with Gasteiger partial charge in [0.2, 0.25) is 0 Å². The minimum atomic E-state index is -0.849. The van der Waals surface area contributed by atoms with Gasteiger partial charge in [-0.2, -0.15) is 0 Å². The number of urea groups is 1. The fourth-order valence-electron chi connectivity index (χ4n) is 2.86. The van der Waals surface area contributed by atoms with E-state index in [4.69, 9.17) is 0 Å². The fraction of sp³-hybridized carbons (Fsp3) is 0.263. The van der Waals surface area contributed by atoms with Crippen LogP contribution in [-0.2, 0) is 6.54 Å². The lowest BCUT2D eigenvalue weighted by Gasteiger charge is -2.15. The van der Waals surface area contributed by atoms with Crippen molar-refractivity contribution in [2.75, 3.05) is 18.4 Å². The third-order valence-electron chi connectivity index (χ3n) is 4.20. The van der Waals surface area contributed by atoms with Gasteiger partial charge in [-0.15, -0.1) is 0 Å². The number of carbonyl (C=O) groups excluding carboxylic acids is 2. The van der Waals surface area contributed by atoms with E-state index in [1.165, 1.54) is 0 Å². The Morgan fingerprint density at radius 1 is 1.04 bits per heavy atom. The van der Waals surface area contributed by atoms with Crippen LogP contribution in [0.5, 0.6) is 0 Å². The Morgan fingerprint density at radius 2 is 1.81 bits per heavy atom. The zero-order valence-corrected chi connectivity index (χ0v) is 14.1. The van der Waals surface area contributed by atoms with E-state index in [1.807, 2.05) is 4.90 Å². The van der Waals surface area contributed by atoms with E-state index in [0.717, 1.165) is 43.6 Å². The van der Waals surface area contributed by atoms with E-state index in [-0.39, 0.29) is 18.1 Å². The average molecular weight is 359 g/mol. The molecule has 0 spiro atoms. The number of nitrogens with zero attached hydrogens (tertiary/aromatic N) is 1. The molecule has 0 radical (unpaired) electrons. The number of rotatable bonds is 4. The molecule has 0 bridgehead atoms. The van der Waals surface area contributed by atoms with Crippen LogP contribution in [0.25, 0.3) is 0 Å². The van der Waals surface area contributed by atoms with Crippen LogP contribution in [0.2, 0.25) is 0 Å². The van der Waals surface area contributed by atoms with Crippen molar-refractivity contribution in [3.05, 3.63) is 65.2 Å². The van der Waals surface area contributed by atoms with Gasteiger partial charge in [0.25, 0.3) is 5.91 Å². The second-order valence-corrected chi connectivity index (χ2v) is 6.13. The molecule has 2 N–H and O–H groups in total. The number of benzene rings is 2. The predicted octanol–water partition coefficient (Wildman–Crippen LogP) is 3.52. The monoisotopic (exact) mass is 359 g/mol. The van der Waals surface area contributed by atoms with Crippen LogP contribution in [0, 0.1) is 11.6 Å². The summed E-state index contributed by atoms with van der Waals surface area (Å²) in [6.45, 7) is 1.72. The second-order valence-electron chi connectivity index (χ2n) is 6.13. The summed E-state index contributed by atoms with van der Waals surface area (Å²) in [5.41, 5.74) is 1.22. The largest absolute Gasteiger partial charge is 0.339 e. The SMILES string of the molecule is O=C(NCc1cccc(C(=O)N2CCCC2)c1)Nc1ccc(F)cc1F. The van der Waals surface area contributed by atoms with E-state index in [9.17, 15) is 18.4 Å². The van der Waals surface area contributed by atoms with Gasteiger partial charge in [0.05, 0.1) is 5.69 Å². The minimum absolute atomic E-state index is 0.0119. The number of hydrogen-bond acceptors (Lipinski definition) is 2. The van der Waals surface area contributed by atoms with Crippen LogP contribution in [0.4, 0.5) is 19.3 Å². The zero-order chi connectivity index (χ0) is 18.5. The molecular formula is C19H19F2N3O2. The first kappa shape index (κ1) is 17.8. The Kier molecular flexibility index (Phi) is 5.46. The van der Waals surface area contributed by atoms with Crippen LogP contribution in [0.1, 0.15) is 28.8 Å². The van der Waals surface area contributed by atoms with E-state index < -0.39 is 17.7 Å². The van der Waals surface area contributed by atoms with Gasteiger partial charge in [0, 0.05) is 31.3 Å². The lowest BCUT2D eigenvalue weighted by atomic mass is 10.1. The molecule has 1 aliphatic heterocycles. The van der Waals surface area contributed by atoms with Crippen molar-refractivity contribution in [2.45, 2.75) is 19.4 Å². The number of halogens is 2. The summed E-state index contributed by atoms with van der Waals surface area (Å²) >= 11 is 0. The Morgan fingerprint density at radius 3 is 2.54 bits per heavy atom. The van der Waals surface area contributed by atoms with Crippen molar-refractivity contribution in [3.8, 4) is 0 Å². The maximum absolute atomic E-state index is 13.5. The van der Waals surface area contributed by atoms with Gasteiger partial charge in [-0.05, 0) is 42.7 Å². The molecule has 0 aromatic heterocycles. The summed E-state index contributed by atoms with van der Waals surface area (Å²) in [4.78, 5) is 26.1. The highest BCUT2D eigenvalue weighted by Crippen LogP contribution is 2.16. The molecule has 5 nitrogen and oxygen atoms in total. The first-order valence-corrected chi connectivity index (χ1v) is 8.41. The van der Waals surface area contributed by atoms with Crippen molar-refractivity contribution in [3.63, 3.8) is 0 Å². The Bertz CT molecular complexity index is 820. The van der Waals surface area contributed by atoms with Crippen LogP contribution in [0.3, 0.4) is 0 Å². The highest BCUT2D eigenvalue weighted by Gasteiger charge is 2.19. The highest BCUT2D eigenvalue weighted by atomic mass is 19.1. The topological polar surface area (TPSA) is 61.4 Å². The molecule has 3 amide bonds. The second kappa shape index (κ2) is 7.95. The van der Waals surface area contributed by atoms with Gasteiger partial charge < -0.3 is 15.5 Å². The molecule has 3 rings (SSSR count). The summed E-state index contributed by atoms with van der Waals surface area (Å²) in [6, 6.07) is 9.33. The van der Waals surface area contributed by atoms with E-state index >= 15 is 0 Å². The van der Waals surface area contributed by atoms with Gasteiger partial charge >= 0.3 is 6.03 Å². The molecule has 0 saturated carbocycles. The molecule has 26 heavy (non-hydrogen) atoms. The van der Waals surface area contributed by atoms with Crippen molar-refractivity contribution in [1.29, 1.82) is 0 Å². The van der Waals surface area contributed by atoms with Crippen LogP contribution in [-0.4, -0.2) is 29.9 Å². The van der Waals surface area contributed by atoms with Gasteiger partial charge in [-0.25, -0.2) is 13.6 Å². The van der Waals surface area contributed by atoms with Gasteiger partial charge in [-0.3, -0.25) is 4.79 Å². The Labute approximate surface area is 150 Å². The van der Waals surface area contributed by atoms with Crippen molar-refractivity contribution >= 4 is 17.6 Å². The maximum Gasteiger partial charge on any atom is 0.319 e. The van der Waals surface area contributed by atoms with E-state index in [1.54, 1.807) is 24.3 Å². The summed E-state index contributed by atoms with van der Waals surface area (Å²) in [7, 11) is 0. The third kappa shape index (κ3) is 4.36. The summed E-state index contributed by atoms with van der Waals surface area (Å²) in [5, 5.41) is 4.91. The average Bonchev–Trinajstić information content (AvgIpc) is 3.17. The van der Waals surface area contributed by atoms with Gasteiger partial charge in [-0.1, -0.05) is 12.1 Å². The third-order valence-corrected chi connectivity index (χ3v) is 4.20. The predicted molar refractivity (Wildman–Crippen MR) is 93.8 cm³/mol. The molecule has 0 aliphatic carbocycles. The smallest absolute Gasteiger partial charge is 0.319 e. The van der Waals surface area contributed by atoms with Gasteiger partial charge in [0.15, 0.2) is 0 Å². The molecule has 136 valence electrons. The molecule has 7 heteroatoms. The number of amides is 3. The molecule has 2 aromatic rings. The molecule has 2 aromatic carbocycles. The van der Waals surface area contributed by atoms with Crippen molar-refractivity contribution in [1.82, 2.24) is 10.2 Å². The normalized spacial score (nSPS) is 13.5. The standard InChI is InChI=1S/C19H19F2N3O2/c20-15-6-7-17(16(21)11-15)23-19(26)22-12-13-4-3-5-14(10-13)18(25)24-8-1-2-9-24/h3-7,10-11H,1-2,8-9,12H2,(H2,22,23,26). The Balaban J connectivity index is 1.58. The van der Waals surface area contributed by atoms with Crippen LogP contribution < -0.4 is 10.6 Å². The van der Waals surface area contributed by atoms with Crippen molar-refractivity contribution in [2.24, 2.45) is 0 Å². The van der Waals surface area contributed by atoms with Crippen LogP contribution >= 0.6 is 0 Å². The quantitative estimate of drug-likeness (QED) is 0.877. The first-order chi connectivity index (χ1) is 12.5. The number of likely N-dealkylation sites (tertiary alicyclic amines) is 1. The molecule has 1 aliphatic rings. The first-order valence-electron chi connectivity index (χ1n) is 8.41. The number of anilines is 1. The van der Waals surface area contributed by atoms with Crippen LogP contribution in [0.15, 0.2) is 42.5 Å².